The molecule has 0 saturated carbocycles. The maximum atomic E-state index is 12.6. The van der Waals surface area contributed by atoms with Crippen molar-refractivity contribution in [3.63, 3.8) is 0 Å². The maximum Gasteiger partial charge on any atom is 0.325 e. The molecular formula is C20H24N6O2. The predicted octanol–water partition coefficient (Wildman–Crippen LogP) is 1.53. The third-order valence-corrected chi connectivity index (χ3v) is 5.25. The molecule has 0 bridgehead atoms. The van der Waals surface area contributed by atoms with E-state index in [1.54, 1.807) is 11.7 Å². The van der Waals surface area contributed by atoms with Gasteiger partial charge in [-0.1, -0.05) is 30.3 Å². The second-order valence-electron chi connectivity index (χ2n) is 7.31. The lowest BCUT2D eigenvalue weighted by Crippen LogP contribution is -2.64. The summed E-state index contributed by atoms with van der Waals surface area (Å²) in [6.07, 6.45) is 1.21. The van der Waals surface area contributed by atoms with Gasteiger partial charge in [-0.25, -0.2) is 14.5 Å². The van der Waals surface area contributed by atoms with Crippen molar-refractivity contribution < 1.29 is 9.59 Å². The number of imide groups is 1. The van der Waals surface area contributed by atoms with Crippen molar-refractivity contribution in [1.29, 1.82) is 0 Å². The molecule has 1 fully saturated rings. The van der Waals surface area contributed by atoms with E-state index < -0.39 is 18.2 Å². The molecule has 146 valence electrons. The van der Waals surface area contributed by atoms with Crippen LogP contribution in [0.2, 0.25) is 0 Å². The Morgan fingerprint density at radius 2 is 1.89 bits per heavy atom. The van der Waals surface area contributed by atoms with Crippen LogP contribution < -0.4 is 5.32 Å². The number of likely N-dealkylation sites (N-methyl/N-ethyl adjacent to an activating group) is 1. The van der Waals surface area contributed by atoms with Crippen molar-refractivity contribution in [3.05, 3.63) is 53.3 Å². The first-order chi connectivity index (χ1) is 13.5. The zero-order valence-electron chi connectivity index (χ0n) is 16.3. The van der Waals surface area contributed by atoms with Crippen molar-refractivity contribution in [2.75, 3.05) is 13.6 Å². The molecule has 3 heterocycles. The van der Waals surface area contributed by atoms with Gasteiger partial charge in [0.25, 0.3) is 5.91 Å². The van der Waals surface area contributed by atoms with Gasteiger partial charge < -0.3 is 9.80 Å². The Balaban J connectivity index is 1.62. The first-order valence-corrected chi connectivity index (χ1v) is 9.45. The second kappa shape index (κ2) is 7.10. The van der Waals surface area contributed by atoms with Crippen molar-refractivity contribution in [2.45, 2.75) is 38.9 Å². The number of carbonyl (C=O) groups excluding carboxylic acids is 2. The molecule has 2 atom stereocenters. The highest BCUT2D eigenvalue weighted by molar-refractivity contribution is 6.04. The molecule has 1 N–H and O–H groups in total. The quantitative estimate of drug-likeness (QED) is 0.872. The van der Waals surface area contributed by atoms with E-state index in [1.165, 1.54) is 10.5 Å². The third-order valence-electron chi connectivity index (χ3n) is 5.25. The molecule has 2 aliphatic heterocycles. The Labute approximate surface area is 163 Å². The minimum atomic E-state index is -0.545. The lowest BCUT2D eigenvalue weighted by atomic mass is 10.1. The van der Waals surface area contributed by atoms with Crippen LogP contribution in [0, 0.1) is 13.8 Å². The zero-order valence-corrected chi connectivity index (χ0v) is 16.3. The number of rotatable bonds is 4. The summed E-state index contributed by atoms with van der Waals surface area (Å²) in [4.78, 5) is 32.9. The van der Waals surface area contributed by atoms with Crippen molar-refractivity contribution >= 4 is 17.9 Å². The molecular weight excluding hydrogens is 356 g/mol. The summed E-state index contributed by atoms with van der Waals surface area (Å²) in [5, 5.41) is 6.98. The van der Waals surface area contributed by atoms with Crippen molar-refractivity contribution in [1.82, 2.24) is 24.9 Å². The number of carbonyl (C=O) groups is 2. The fourth-order valence-electron chi connectivity index (χ4n) is 3.86. The molecule has 2 aliphatic rings. The third kappa shape index (κ3) is 3.15. The number of nitrogens with one attached hydrogen (secondary N) is 1. The number of urea groups is 1. The molecule has 0 spiro atoms. The van der Waals surface area contributed by atoms with Gasteiger partial charge in [-0.2, -0.15) is 5.10 Å². The van der Waals surface area contributed by atoms with Crippen LogP contribution in [0.3, 0.4) is 0 Å². The summed E-state index contributed by atoms with van der Waals surface area (Å²) in [5.41, 5.74) is 3.08. The molecule has 8 nitrogen and oxygen atoms in total. The average Bonchev–Trinajstić information content (AvgIpc) is 3.20. The summed E-state index contributed by atoms with van der Waals surface area (Å²) in [7, 11) is 1.66. The normalized spacial score (nSPS) is 21.6. The molecule has 8 heteroatoms. The van der Waals surface area contributed by atoms with Crippen LogP contribution in [0.15, 0.2) is 41.4 Å². The number of aromatic nitrogens is 2. The SMILES string of the molecule is Cc1cc(C)n(C2=NC3C(C(=O)NC(=O)N3C)N2CCCc2ccccc2)n1. The van der Waals surface area contributed by atoms with Gasteiger partial charge in [-0.05, 0) is 38.3 Å². The van der Waals surface area contributed by atoms with Crippen LogP contribution in [0.1, 0.15) is 23.4 Å². The highest BCUT2D eigenvalue weighted by Crippen LogP contribution is 2.25. The Morgan fingerprint density at radius 3 is 2.57 bits per heavy atom. The van der Waals surface area contributed by atoms with Crippen LogP contribution >= 0.6 is 0 Å². The molecule has 2 aromatic rings. The summed E-state index contributed by atoms with van der Waals surface area (Å²) in [6.45, 7) is 4.53. The van der Waals surface area contributed by atoms with Gasteiger partial charge in [0.2, 0.25) is 5.96 Å². The predicted molar refractivity (Wildman–Crippen MR) is 105 cm³/mol. The molecule has 1 saturated heterocycles. The summed E-state index contributed by atoms with van der Waals surface area (Å²) >= 11 is 0. The molecule has 0 radical (unpaired) electrons. The second-order valence-corrected chi connectivity index (χ2v) is 7.31. The maximum absolute atomic E-state index is 12.6. The van der Waals surface area contributed by atoms with E-state index in [4.69, 9.17) is 4.99 Å². The van der Waals surface area contributed by atoms with Crippen LogP contribution in [-0.2, 0) is 11.2 Å². The number of aryl methyl sites for hydroxylation is 3. The Morgan fingerprint density at radius 1 is 1.14 bits per heavy atom. The Hall–Kier alpha value is -3.16. The summed E-state index contributed by atoms with van der Waals surface area (Å²) in [6, 6.07) is 11.3. The van der Waals surface area contributed by atoms with Crippen LogP contribution in [0.25, 0.3) is 0 Å². The van der Waals surface area contributed by atoms with Gasteiger partial charge in [0, 0.05) is 19.3 Å². The highest BCUT2D eigenvalue weighted by Gasteiger charge is 2.49. The number of aliphatic imine (C=N–C) groups is 1. The number of amides is 3. The van der Waals surface area contributed by atoms with E-state index in [0.29, 0.717) is 12.5 Å². The highest BCUT2D eigenvalue weighted by atomic mass is 16.2. The molecule has 2 unspecified atom stereocenters. The first kappa shape index (κ1) is 18.2. The molecule has 4 rings (SSSR count). The monoisotopic (exact) mass is 380 g/mol. The first-order valence-electron chi connectivity index (χ1n) is 9.45. The van der Waals surface area contributed by atoms with Crippen LogP contribution in [0.4, 0.5) is 4.79 Å². The van der Waals surface area contributed by atoms with Crippen LogP contribution in [0.5, 0.6) is 0 Å². The van der Waals surface area contributed by atoms with E-state index in [9.17, 15) is 9.59 Å². The number of nitrogens with zero attached hydrogens (tertiary/aromatic N) is 5. The number of benzene rings is 1. The lowest BCUT2D eigenvalue weighted by molar-refractivity contribution is -0.127. The van der Waals surface area contributed by atoms with Crippen LogP contribution in [-0.4, -0.2) is 63.3 Å². The summed E-state index contributed by atoms with van der Waals surface area (Å²) in [5.74, 6) is 0.304. The van der Waals surface area contributed by atoms with E-state index in [0.717, 1.165) is 24.2 Å². The molecule has 28 heavy (non-hydrogen) atoms. The van der Waals surface area contributed by atoms with Gasteiger partial charge in [0.1, 0.15) is 0 Å². The van der Waals surface area contributed by atoms with Gasteiger partial charge in [0.15, 0.2) is 12.2 Å². The van der Waals surface area contributed by atoms with E-state index >= 15 is 0 Å². The minimum absolute atomic E-state index is 0.312. The molecule has 0 aliphatic carbocycles. The summed E-state index contributed by atoms with van der Waals surface area (Å²) < 4.78 is 1.77. The Kier molecular flexibility index (Phi) is 4.62. The number of hydrogen-bond donors (Lipinski definition) is 1. The fourth-order valence-corrected chi connectivity index (χ4v) is 3.86. The van der Waals surface area contributed by atoms with Crippen molar-refractivity contribution in [3.8, 4) is 0 Å². The molecule has 1 aromatic carbocycles. The van der Waals surface area contributed by atoms with Crippen molar-refractivity contribution in [2.24, 2.45) is 4.99 Å². The van der Waals surface area contributed by atoms with Gasteiger partial charge in [-0.15, -0.1) is 0 Å². The van der Waals surface area contributed by atoms with Gasteiger partial charge in [0.05, 0.1) is 5.69 Å². The van der Waals surface area contributed by atoms with Gasteiger partial charge >= 0.3 is 6.03 Å². The number of fused-ring (bicyclic) bond motifs is 1. The fraction of sp³-hybridized carbons (Fsp3) is 0.400. The lowest BCUT2D eigenvalue weighted by Gasteiger charge is -2.36. The van der Waals surface area contributed by atoms with E-state index in [-0.39, 0.29) is 5.91 Å². The zero-order chi connectivity index (χ0) is 19.8. The molecule has 3 amide bonds. The molecule has 1 aromatic heterocycles. The largest absolute Gasteiger partial charge is 0.325 e. The smallest absolute Gasteiger partial charge is 0.325 e. The minimum Gasteiger partial charge on any atom is -0.325 e. The standard InChI is InChI=1S/C20H24N6O2/c1-13-12-14(2)26(23-13)19-21-17-16(18(27)22-20(28)24(17)3)25(19)11-7-10-15-8-5-4-6-9-15/h4-6,8-9,12,16-17H,7,10-11H2,1-3H3,(H,22,27,28). The Bertz CT molecular complexity index is 935. The van der Waals surface area contributed by atoms with E-state index in [2.05, 4.69) is 22.5 Å². The number of hydrogen-bond acceptors (Lipinski definition) is 5. The topological polar surface area (TPSA) is 82.8 Å². The average molecular weight is 380 g/mol. The van der Waals surface area contributed by atoms with Gasteiger partial charge in [-0.3, -0.25) is 10.1 Å². The van der Waals surface area contributed by atoms with E-state index in [1.807, 2.05) is 43.0 Å².